The van der Waals surface area contributed by atoms with Crippen LogP contribution in [0.25, 0.3) is 0 Å². The molecule has 5 heteroatoms. The topological polar surface area (TPSA) is 59.3 Å². The van der Waals surface area contributed by atoms with Crippen LogP contribution in [0.1, 0.15) is 17.3 Å². The predicted molar refractivity (Wildman–Crippen MR) is 46.7 cm³/mol. The average Bonchev–Trinajstić information content (AvgIpc) is 2.47. The van der Waals surface area contributed by atoms with Gasteiger partial charge in [-0.1, -0.05) is 0 Å². The highest BCUT2D eigenvalue weighted by Gasteiger charge is 2.12. The molecule has 0 radical (unpaired) electrons. The Labute approximate surface area is 79.9 Å². The van der Waals surface area contributed by atoms with Crippen molar-refractivity contribution >= 4 is 23.3 Å². The van der Waals surface area contributed by atoms with Gasteiger partial charge in [0.25, 0.3) is 5.91 Å². The average molecular weight is 202 g/mol. The van der Waals surface area contributed by atoms with E-state index < -0.39 is 5.91 Å². The lowest BCUT2D eigenvalue weighted by Gasteiger charge is -1.99. The molecule has 0 aliphatic heterocycles. The summed E-state index contributed by atoms with van der Waals surface area (Å²) in [5.74, 6) is -0.526. The molecule has 13 heavy (non-hydrogen) atoms. The lowest BCUT2D eigenvalue weighted by Crippen LogP contribution is -2.28. The van der Waals surface area contributed by atoms with Crippen molar-refractivity contribution in [2.45, 2.75) is 6.92 Å². The van der Waals surface area contributed by atoms with Gasteiger partial charge in [0.1, 0.15) is 5.78 Å². The molecular weight excluding hydrogens is 194 g/mol. The van der Waals surface area contributed by atoms with Crippen LogP contribution in [0.5, 0.6) is 0 Å². The molecule has 0 spiro atoms. The largest absolute Gasteiger partial charge is 0.452 e. The van der Waals surface area contributed by atoms with Crippen LogP contribution in [0.4, 0.5) is 0 Å². The van der Waals surface area contributed by atoms with Gasteiger partial charge in [-0.15, -0.1) is 0 Å². The minimum absolute atomic E-state index is 0.000340. The number of halogens is 1. The summed E-state index contributed by atoms with van der Waals surface area (Å²) in [6.07, 6.45) is 1.31. The van der Waals surface area contributed by atoms with Gasteiger partial charge < -0.3 is 9.73 Å². The van der Waals surface area contributed by atoms with Gasteiger partial charge in [0.15, 0.2) is 0 Å². The summed E-state index contributed by atoms with van der Waals surface area (Å²) < 4.78 is 4.71. The Bertz CT molecular complexity index is 332. The fourth-order valence-electron chi connectivity index (χ4n) is 0.756. The highest BCUT2D eigenvalue weighted by atomic mass is 35.5. The Morgan fingerprint density at radius 1 is 1.62 bits per heavy atom. The summed E-state index contributed by atoms with van der Waals surface area (Å²) >= 11 is 5.54. The first-order chi connectivity index (χ1) is 6.11. The summed E-state index contributed by atoms with van der Waals surface area (Å²) in [6.45, 7) is 1.39. The van der Waals surface area contributed by atoms with Gasteiger partial charge in [0.05, 0.1) is 18.4 Å². The van der Waals surface area contributed by atoms with Crippen LogP contribution in [0.15, 0.2) is 16.7 Å². The Hall–Kier alpha value is -1.29. The third-order valence-corrected chi connectivity index (χ3v) is 1.65. The first-order valence-corrected chi connectivity index (χ1v) is 3.99. The maximum atomic E-state index is 11.2. The Kier molecular flexibility index (Phi) is 3.08. The molecule has 0 atom stereocenters. The van der Waals surface area contributed by atoms with Crippen LogP contribution in [0.3, 0.4) is 0 Å². The van der Waals surface area contributed by atoms with Crippen molar-refractivity contribution in [2.75, 3.05) is 6.54 Å². The number of ketones is 1. The fourth-order valence-corrected chi connectivity index (χ4v) is 0.956. The molecule has 0 aliphatic rings. The van der Waals surface area contributed by atoms with Gasteiger partial charge in [-0.25, -0.2) is 0 Å². The molecule has 0 aliphatic carbocycles. The SMILES string of the molecule is CC(=O)CNC(=O)c1ccoc1Cl. The van der Waals surface area contributed by atoms with Crippen molar-refractivity contribution in [1.29, 1.82) is 0 Å². The van der Waals surface area contributed by atoms with E-state index in [9.17, 15) is 9.59 Å². The molecule has 4 nitrogen and oxygen atoms in total. The highest BCUT2D eigenvalue weighted by Crippen LogP contribution is 2.15. The standard InChI is InChI=1S/C8H8ClNO3/c1-5(11)4-10-8(12)6-2-3-13-7(6)9/h2-3H,4H2,1H3,(H,10,12). The lowest BCUT2D eigenvalue weighted by atomic mass is 10.3. The predicted octanol–water partition coefficient (Wildman–Crippen LogP) is 1.25. The first-order valence-electron chi connectivity index (χ1n) is 3.62. The third kappa shape index (κ3) is 2.59. The van der Waals surface area contributed by atoms with Crippen LogP contribution >= 0.6 is 11.6 Å². The summed E-state index contributed by atoms with van der Waals surface area (Å²) in [6, 6.07) is 1.44. The van der Waals surface area contributed by atoms with Crippen molar-refractivity contribution in [3.8, 4) is 0 Å². The van der Waals surface area contributed by atoms with Gasteiger partial charge in [-0.2, -0.15) is 0 Å². The molecule has 1 heterocycles. The molecule has 1 aromatic heterocycles. The zero-order valence-corrected chi connectivity index (χ0v) is 7.72. The zero-order chi connectivity index (χ0) is 9.84. The van der Waals surface area contributed by atoms with E-state index in [1.807, 2.05) is 0 Å². The second kappa shape index (κ2) is 4.09. The van der Waals surface area contributed by atoms with E-state index in [1.54, 1.807) is 0 Å². The Balaban J connectivity index is 2.59. The fraction of sp³-hybridized carbons (Fsp3) is 0.250. The number of rotatable bonds is 3. The monoisotopic (exact) mass is 201 g/mol. The van der Waals surface area contributed by atoms with Crippen LogP contribution < -0.4 is 5.32 Å². The number of hydrogen-bond donors (Lipinski definition) is 1. The van der Waals surface area contributed by atoms with E-state index in [2.05, 4.69) is 5.32 Å². The summed E-state index contributed by atoms with van der Waals surface area (Å²) in [5.41, 5.74) is 0.239. The van der Waals surface area contributed by atoms with E-state index in [0.717, 1.165) is 0 Å². The second-order valence-electron chi connectivity index (χ2n) is 2.49. The molecule has 1 rings (SSSR count). The molecule has 70 valence electrons. The molecule has 0 saturated carbocycles. The van der Waals surface area contributed by atoms with Crippen molar-refractivity contribution in [2.24, 2.45) is 0 Å². The lowest BCUT2D eigenvalue weighted by molar-refractivity contribution is -0.116. The first kappa shape index (κ1) is 9.80. The normalized spacial score (nSPS) is 9.69. The van der Waals surface area contributed by atoms with Gasteiger partial charge in [0, 0.05) is 0 Å². The van der Waals surface area contributed by atoms with Crippen molar-refractivity contribution in [3.05, 3.63) is 23.1 Å². The number of carbonyl (C=O) groups is 2. The second-order valence-corrected chi connectivity index (χ2v) is 2.84. The van der Waals surface area contributed by atoms with Gasteiger partial charge in [-0.05, 0) is 24.6 Å². The zero-order valence-electron chi connectivity index (χ0n) is 6.96. The van der Waals surface area contributed by atoms with Crippen LogP contribution in [0, 0.1) is 0 Å². The van der Waals surface area contributed by atoms with E-state index in [4.69, 9.17) is 16.0 Å². The van der Waals surface area contributed by atoms with E-state index in [1.165, 1.54) is 19.3 Å². The van der Waals surface area contributed by atoms with Crippen molar-refractivity contribution in [1.82, 2.24) is 5.32 Å². The Morgan fingerprint density at radius 2 is 2.31 bits per heavy atom. The molecule has 1 N–H and O–H groups in total. The number of carbonyl (C=O) groups excluding carboxylic acids is 2. The summed E-state index contributed by atoms with van der Waals surface area (Å²) in [7, 11) is 0. The maximum Gasteiger partial charge on any atom is 0.256 e. The molecule has 0 unspecified atom stereocenters. The molecular formula is C8H8ClNO3. The van der Waals surface area contributed by atoms with Crippen LogP contribution in [-0.4, -0.2) is 18.2 Å². The molecule has 0 bridgehead atoms. The minimum Gasteiger partial charge on any atom is -0.452 e. The number of hydrogen-bond acceptors (Lipinski definition) is 3. The smallest absolute Gasteiger partial charge is 0.256 e. The number of amides is 1. The minimum atomic E-state index is -0.408. The summed E-state index contributed by atoms with van der Waals surface area (Å²) in [4.78, 5) is 21.8. The molecule has 0 fully saturated rings. The molecule has 1 amide bonds. The maximum absolute atomic E-state index is 11.2. The van der Waals surface area contributed by atoms with Crippen LogP contribution in [0.2, 0.25) is 5.22 Å². The highest BCUT2D eigenvalue weighted by molar-refractivity contribution is 6.32. The number of furan rings is 1. The van der Waals surface area contributed by atoms with Crippen molar-refractivity contribution in [3.63, 3.8) is 0 Å². The van der Waals surface area contributed by atoms with E-state index >= 15 is 0 Å². The van der Waals surface area contributed by atoms with E-state index in [-0.39, 0.29) is 23.1 Å². The summed E-state index contributed by atoms with van der Waals surface area (Å²) in [5, 5.41) is 2.42. The van der Waals surface area contributed by atoms with E-state index in [0.29, 0.717) is 0 Å². The third-order valence-electron chi connectivity index (χ3n) is 1.36. The number of Topliss-reactive ketones (excluding diaryl/α,β-unsaturated/α-hetero) is 1. The van der Waals surface area contributed by atoms with Gasteiger partial charge in [0.2, 0.25) is 5.22 Å². The Morgan fingerprint density at radius 3 is 2.77 bits per heavy atom. The number of nitrogens with one attached hydrogen (secondary N) is 1. The van der Waals surface area contributed by atoms with Crippen molar-refractivity contribution < 1.29 is 14.0 Å². The molecule has 0 saturated heterocycles. The molecule has 0 aromatic carbocycles. The van der Waals surface area contributed by atoms with Gasteiger partial charge in [-0.3, -0.25) is 9.59 Å². The van der Waals surface area contributed by atoms with Crippen LogP contribution in [-0.2, 0) is 4.79 Å². The molecule has 1 aromatic rings. The quantitative estimate of drug-likeness (QED) is 0.801. The van der Waals surface area contributed by atoms with Gasteiger partial charge >= 0.3 is 0 Å².